The van der Waals surface area contributed by atoms with Crippen molar-refractivity contribution in [2.45, 2.75) is 11.7 Å². The molecule has 2 rings (SSSR count). The molecule has 0 aromatic heterocycles. The fraction of sp³-hybridized carbons (Fsp3) is 0.286. The number of benzene rings is 1. The zero-order chi connectivity index (χ0) is 16.3. The summed E-state index contributed by atoms with van der Waals surface area (Å²) in [4.78, 5) is 40.1. The van der Waals surface area contributed by atoms with Crippen LogP contribution in [0.5, 0.6) is 0 Å². The van der Waals surface area contributed by atoms with Crippen molar-refractivity contribution in [3.63, 3.8) is 0 Å². The number of amidine groups is 1. The molecule has 1 heterocycles. The molecule has 22 heavy (non-hydrogen) atoms. The Hall–Kier alpha value is -2.35. The highest BCUT2D eigenvalue weighted by molar-refractivity contribution is 8.15. The third-order valence-corrected chi connectivity index (χ3v) is 4.40. The molecule has 1 aliphatic heterocycles. The number of anilines is 1. The summed E-state index contributed by atoms with van der Waals surface area (Å²) >= 11 is 1.24. The molecule has 1 unspecified atom stereocenters. The molecule has 1 aromatic rings. The van der Waals surface area contributed by atoms with Crippen molar-refractivity contribution in [2.75, 3.05) is 19.4 Å². The average Bonchev–Trinajstić information content (AvgIpc) is 2.75. The molecule has 1 atom stereocenters. The van der Waals surface area contributed by atoms with Crippen molar-refractivity contribution < 1.29 is 19.5 Å². The highest BCUT2D eigenvalue weighted by Crippen LogP contribution is 2.28. The molecule has 8 heteroatoms. The molecule has 0 radical (unpaired) electrons. The van der Waals surface area contributed by atoms with Crippen LogP contribution < -0.4 is 10.4 Å². The summed E-state index contributed by atoms with van der Waals surface area (Å²) in [6.45, 7) is 0. The maximum absolute atomic E-state index is 12.0. The van der Waals surface area contributed by atoms with Gasteiger partial charge in [-0.2, -0.15) is 0 Å². The Balaban J connectivity index is 2.01. The Kier molecular flexibility index (Phi) is 4.81. The van der Waals surface area contributed by atoms with Crippen molar-refractivity contribution in [1.29, 1.82) is 0 Å². The van der Waals surface area contributed by atoms with E-state index >= 15 is 0 Å². The molecule has 0 aliphatic carbocycles. The van der Waals surface area contributed by atoms with Gasteiger partial charge >= 0.3 is 0 Å². The van der Waals surface area contributed by atoms with Crippen molar-refractivity contribution in [3.05, 3.63) is 29.8 Å². The number of nitrogens with zero attached hydrogens (tertiary/aromatic N) is 2. The minimum absolute atomic E-state index is 0.0115. The van der Waals surface area contributed by atoms with Crippen molar-refractivity contribution in [2.24, 2.45) is 4.99 Å². The second-order valence-corrected chi connectivity index (χ2v) is 5.80. The molecule has 1 N–H and O–H groups in total. The van der Waals surface area contributed by atoms with E-state index in [1.807, 2.05) is 0 Å². The van der Waals surface area contributed by atoms with Gasteiger partial charge < -0.3 is 15.2 Å². The molecule has 2 amide bonds. The van der Waals surface area contributed by atoms with Gasteiger partial charge in [0.15, 0.2) is 5.17 Å². The maximum Gasteiger partial charge on any atom is 0.242 e. The van der Waals surface area contributed by atoms with E-state index in [9.17, 15) is 19.5 Å². The van der Waals surface area contributed by atoms with Crippen molar-refractivity contribution in [1.82, 2.24) is 4.90 Å². The van der Waals surface area contributed by atoms with Gasteiger partial charge in [0, 0.05) is 26.2 Å². The molecule has 7 nitrogen and oxygen atoms in total. The number of nitrogens with one attached hydrogen (secondary N) is 1. The first-order valence-electron chi connectivity index (χ1n) is 6.44. The van der Waals surface area contributed by atoms with Crippen LogP contribution in [0.2, 0.25) is 0 Å². The van der Waals surface area contributed by atoms with E-state index in [2.05, 4.69) is 10.3 Å². The normalized spacial score (nSPS) is 19.5. The monoisotopic (exact) mass is 320 g/mol. The number of carboxylic acids is 1. The number of carbonyl (C=O) groups is 3. The van der Waals surface area contributed by atoms with Crippen LogP contribution >= 0.6 is 11.8 Å². The second kappa shape index (κ2) is 6.61. The minimum Gasteiger partial charge on any atom is -0.545 e. The van der Waals surface area contributed by atoms with Gasteiger partial charge in [0.25, 0.3) is 0 Å². The lowest BCUT2D eigenvalue weighted by atomic mass is 10.2. The van der Waals surface area contributed by atoms with Crippen molar-refractivity contribution in [3.8, 4) is 0 Å². The number of carbonyl (C=O) groups excluding carboxylic acids is 3. The Morgan fingerprint density at radius 2 is 2.18 bits per heavy atom. The summed E-state index contributed by atoms with van der Waals surface area (Å²) in [7, 11) is 3.19. The zero-order valence-corrected chi connectivity index (χ0v) is 12.8. The smallest absolute Gasteiger partial charge is 0.242 e. The van der Waals surface area contributed by atoms with Crippen LogP contribution in [-0.4, -0.2) is 47.2 Å². The number of hydrogen-bond acceptors (Lipinski definition) is 6. The molecule has 1 aromatic carbocycles. The summed E-state index contributed by atoms with van der Waals surface area (Å²) in [5.74, 6) is -1.86. The summed E-state index contributed by atoms with van der Waals surface area (Å²) in [6, 6.07) is 5.76. The van der Waals surface area contributed by atoms with Crippen LogP contribution in [0.3, 0.4) is 0 Å². The van der Waals surface area contributed by atoms with Crippen molar-refractivity contribution >= 4 is 40.4 Å². The summed E-state index contributed by atoms with van der Waals surface area (Å²) in [6.07, 6.45) is -0.0115. The van der Waals surface area contributed by atoms with Gasteiger partial charge in [-0.1, -0.05) is 23.9 Å². The van der Waals surface area contributed by atoms with Gasteiger partial charge in [-0.25, -0.2) is 0 Å². The fourth-order valence-corrected chi connectivity index (χ4v) is 3.10. The van der Waals surface area contributed by atoms with E-state index in [-0.39, 0.29) is 23.8 Å². The maximum atomic E-state index is 12.0. The average molecular weight is 320 g/mol. The lowest BCUT2D eigenvalue weighted by molar-refractivity contribution is -0.255. The highest BCUT2D eigenvalue weighted by Gasteiger charge is 2.36. The quantitative estimate of drug-likeness (QED) is 0.837. The summed E-state index contributed by atoms with van der Waals surface area (Å²) in [5.41, 5.74) is 0.323. The van der Waals surface area contributed by atoms with Crippen LogP contribution in [0.15, 0.2) is 29.3 Å². The number of aromatic carboxylic acids is 1. The number of hydrogen-bond donors (Lipinski definition) is 1. The van der Waals surface area contributed by atoms with Crippen LogP contribution in [0.1, 0.15) is 16.8 Å². The second-order valence-electron chi connectivity index (χ2n) is 4.63. The van der Waals surface area contributed by atoms with Crippen LogP contribution in [0.4, 0.5) is 5.69 Å². The Labute approximate surface area is 131 Å². The summed E-state index contributed by atoms with van der Waals surface area (Å²) in [5, 5.41) is 13.4. The first-order valence-corrected chi connectivity index (χ1v) is 7.32. The topological polar surface area (TPSA) is 102 Å². The molecular formula is C14H14N3O4S-. The van der Waals surface area contributed by atoms with E-state index in [1.165, 1.54) is 34.9 Å². The lowest BCUT2D eigenvalue weighted by Crippen LogP contribution is -2.30. The van der Waals surface area contributed by atoms with Gasteiger partial charge in [0.1, 0.15) is 5.25 Å². The number of carboxylic acid groups (broad SMARTS) is 1. The first-order chi connectivity index (χ1) is 10.4. The third kappa shape index (κ3) is 3.45. The van der Waals surface area contributed by atoms with Crippen LogP contribution in [0, 0.1) is 0 Å². The van der Waals surface area contributed by atoms with Crippen LogP contribution in [-0.2, 0) is 9.59 Å². The first kappa shape index (κ1) is 16.0. The van der Waals surface area contributed by atoms with Gasteiger partial charge in [-0.15, -0.1) is 0 Å². The molecule has 116 valence electrons. The number of amides is 2. The van der Waals surface area contributed by atoms with E-state index in [0.29, 0.717) is 10.9 Å². The van der Waals surface area contributed by atoms with E-state index in [0.717, 1.165) is 0 Å². The van der Waals surface area contributed by atoms with Crippen LogP contribution in [0.25, 0.3) is 0 Å². The largest absolute Gasteiger partial charge is 0.545 e. The molecule has 1 saturated heterocycles. The number of thioether (sulfide) groups is 1. The SMILES string of the molecule is CN=C1SC(CC(=O)Nc2cccc(C(=O)[O-])c2)C(=O)N1C. The standard InChI is InChI=1S/C14H15N3O4S/c1-15-14-17(2)12(19)10(22-14)7-11(18)16-9-5-3-4-8(6-9)13(20)21/h3-6,10H,7H2,1-2H3,(H,16,18)(H,20,21)/p-1. The van der Waals surface area contributed by atoms with E-state index in [1.54, 1.807) is 20.2 Å². The predicted molar refractivity (Wildman–Crippen MR) is 81.5 cm³/mol. The number of rotatable bonds is 4. The molecule has 1 fully saturated rings. The van der Waals surface area contributed by atoms with Gasteiger partial charge in [0.2, 0.25) is 11.8 Å². The van der Waals surface area contributed by atoms with Gasteiger partial charge in [0.05, 0.1) is 5.97 Å². The Bertz CT molecular complexity index is 659. The third-order valence-electron chi connectivity index (χ3n) is 3.08. The zero-order valence-electron chi connectivity index (χ0n) is 12.0. The Morgan fingerprint density at radius 1 is 1.45 bits per heavy atom. The molecule has 0 spiro atoms. The molecular weight excluding hydrogens is 306 g/mol. The molecule has 1 aliphatic rings. The van der Waals surface area contributed by atoms with Gasteiger partial charge in [-0.05, 0) is 17.7 Å². The highest BCUT2D eigenvalue weighted by atomic mass is 32.2. The Morgan fingerprint density at radius 3 is 2.77 bits per heavy atom. The fourth-order valence-electron chi connectivity index (χ4n) is 2.00. The lowest BCUT2D eigenvalue weighted by Gasteiger charge is -2.10. The van der Waals surface area contributed by atoms with E-state index < -0.39 is 11.2 Å². The van der Waals surface area contributed by atoms with E-state index in [4.69, 9.17) is 0 Å². The van der Waals surface area contributed by atoms with Gasteiger partial charge in [-0.3, -0.25) is 19.5 Å². The molecule has 0 bridgehead atoms. The minimum atomic E-state index is -1.32. The predicted octanol–water partition coefficient (Wildman–Crippen LogP) is -0.0617. The number of aliphatic imine (C=N–C) groups is 1. The molecule has 0 saturated carbocycles. The summed E-state index contributed by atoms with van der Waals surface area (Å²) < 4.78 is 0.